The van der Waals surface area contributed by atoms with Gasteiger partial charge < -0.3 is 5.73 Å². The Morgan fingerprint density at radius 2 is 1.74 bits per heavy atom. The minimum absolute atomic E-state index is 0.507. The lowest BCUT2D eigenvalue weighted by Gasteiger charge is -2.13. The van der Waals surface area contributed by atoms with Crippen LogP contribution in [0.4, 0.5) is 0 Å². The van der Waals surface area contributed by atoms with Crippen LogP contribution in [0.15, 0.2) is 84.6 Å². The van der Waals surface area contributed by atoms with E-state index in [4.69, 9.17) is 10.7 Å². The summed E-state index contributed by atoms with van der Waals surface area (Å²) in [6, 6.07) is 22.5. The molecule has 0 aliphatic rings. The number of hydrogen-bond donors (Lipinski definition) is 2. The van der Waals surface area contributed by atoms with E-state index in [1.54, 1.807) is 17.9 Å². The maximum absolute atomic E-state index is 5.80. The molecule has 3 N–H and O–H groups in total. The SMILES string of the molecule is NCc1ccc(-c2nc3ccnc(-c4nc(-c5cncs5)n[nH]4)c3cc2-c2ccccc2)cc1. The first-order chi connectivity index (χ1) is 16.8. The van der Waals surface area contributed by atoms with E-state index in [9.17, 15) is 0 Å². The largest absolute Gasteiger partial charge is 0.326 e. The summed E-state index contributed by atoms with van der Waals surface area (Å²) >= 11 is 1.49. The maximum atomic E-state index is 5.80. The zero-order valence-corrected chi connectivity index (χ0v) is 18.8. The second-order valence-corrected chi connectivity index (χ2v) is 8.64. The Bertz CT molecular complexity index is 1570. The summed E-state index contributed by atoms with van der Waals surface area (Å²) in [5.41, 5.74) is 14.2. The smallest absolute Gasteiger partial charge is 0.193 e. The van der Waals surface area contributed by atoms with E-state index in [1.165, 1.54) is 11.3 Å². The molecule has 0 unspecified atom stereocenters. The highest BCUT2D eigenvalue weighted by Gasteiger charge is 2.17. The quantitative estimate of drug-likeness (QED) is 0.359. The number of thiazole rings is 1. The monoisotopic (exact) mass is 461 g/mol. The number of H-pyrrole nitrogens is 1. The van der Waals surface area contributed by atoms with Gasteiger partial charge >= 0.3 is 0 Å². The molecule has 4 aromatic heterocycles. The van der Waals surface area contributed by atoms with Gasteiger partial charge in [-0.25, -0.2) is 9.97 Å². The van der Waals surface area contributed by atoms with Crippen LogP contribution in [0.3, 0.4) is 0 Å². The summed E-state index contributed by atoms with van der Waals surface area (Å²) in [7, 11) is 0. The molecule has 0 amide bonds. The number of hydrogen-bond acceptors (Lipinski definition) is 7. The van der Waals surface area contributed by atoms with Crippen molar-refractivity contribution in [3.8, 4) is 44.6 Å². The summed E-state index contributed by atoms with van der Waals surface area (Å²) in [5, 5.41) is 8.30. The average Bonchev–Trinajstić information content (AvgIpc) is 3.61. The fraction of sp³-hybridized carbons (Fsp3) is 0.0385. The predicted octanol–water partition coefficient (Wildman–Crippen LogP) is 5.33. The van der Waals surface area contributed by atoms with Gasteiger partial charge in [-0.05, 0) is 23.3 Å². The van der Waals surface area contributed by atoms with Crippen LogP contribution in [0.1, 0.15) is 5.56 Å². The lowest BCUT2D eigenvalue weighted by Crippen LogP contribution is -1.97. The predicted molar refractivity (Wildman–Crippen MR) is 135 cm³/mol. The lowest BCUT2D eigenvalue weighted by molar-refractivity contribution is 1.07. The molecular formula is C26H19N7S. The molecule has 164 valence electrons. The number of nitrogens with one attached hydrogen (secondary N) is 1. The molecule has 0 fully saturated rings. The third-order valence-electron chi connectivity index (χ3n) is 5.65. The zero-order chi connectivity index (χ0) is 22.9. The van der Waals surface area contributed by atoms with Gasteiger partial charge in [0.1, 0.15) is 5.69 Å². The van der Waals surface area contributed by atoms with Crippen molar-refractivity contribution in [2.24, 2.45) is 5.73 Å². The Balaban J connectivity index is 1.56. The van der Waals surface area contributed by atoms with Crippen molar-refractivity contribution in [3.63, 3.8) is 0 Å². The molecular weight excluding hydrogens is 442 g/mol. The minimum atomic E-state index is 0.507. The van der Waals surface area contributed by atoms with Crippen LogP contribution in [0.5, 0.6) is 0 Å². The molecule has 0 saturated heterocycles. The number of aromatic amines is 1. The standard InChI is InChI=1S/C26H19N7S/c27-13-16-6-8-18(9-7-16)23-19(17-4-2-1-3-5-17)12-20-21(30-23)10-11-29-24(20)26-31-25(32-33-26)22-14-28-15-34-22/h1-12,14-15H,13,27H2,(H,31,32,33). The summed E-state index contributed by atoms with van der Waals surface area (Å²) < 4.78 is 0. The molecule has 6 rings (SSSR count). The van der Waals surface area contributed by atoms with Gasteiger partial charge in [-0.15, -0.1) is 11.3 Å². The van der Waals surface area contributed by atoms with Crippen LogP contribution in [0.2, 0.25) is 0 Å². The molecule has 0 atom stereocenters. The summed E-state index contributed by atoms with van der Waals surface area (Å²) in [4.78, 5) is 19.4. The van der Waals surface area contributed by atoms with Gasteiger partial charge in [-0.2, -0.15) is 5.10 Å². The Hall–Kier alpha value is -4.27. The van der Waals surface area contributed by atoms with Crippen LogP contribution in [0.25, 0.3) is 55.5 Å². The van der Waals surface area contributed by atoms with Crippen LogP contribution in [0, 0.1) is 0 Å². The van der Waals surface area contributed by atoms with Crippen molar-refractivity contribution in [1.82, 2.24) is 30.1 Å². The Morgan fingerprint density at radius 3 is 2.50 bits per heavy atom. The second-order valence-electron chi connectivity index (χ2n) is 7.75. The number of aromatic nitrogens is 6. The molecule has 34 heavy (non-hydrogen) atoms. The first-order valence-electron chi connectivity index (χ1n) is 10.8. The van der Waals surface area contributed by atoms with Crippen LogP contribution in [-0.2, 0) is 6.54 Å². The van der Waals surface area contributed by atoms with Gasteiger partial charge in [0.15, 0.2) is 11.6 Å². The first kappa shape index (κ1) is 20.3. The van der Waals surface area contributed by atoms with Gasteiger partial charge in [0, 0.05) is 35.5 Å². The summed E-state index contributed by atoms with van der Waals surface area (Å²) in [6.45, 7) is 0.507. The van der Waals surface area contributed by atoms with Crippen LogP contribution in [-0.4, -0.2) is 30.1 Å². The molecule has 4 heterocycles. The first-order valence-corrected chi connectivity index (χ1v) is 11.6. The summed E-state index contributed by atoms with van der Waals surface area (Å²) in [6.07, 6.45) is 3.51. The Kier molecular flexibility index (Phi) is 5.14. The van der Waals surface area contributed by atoms with Crippen molar-refractivity contribution >= 4 is 22.2 Å². The van der Waals surface area contributed by atoms with Crippen molar-refractivity contribution in [3.05, 3.63) is 90.2 Å². The molecule has 7 nitrogen and oxygen atoms in total. The zero-order valence-electron chi connectivity index (χ0n) is 18.0. The third-order valence-corrected chi connectivity index (χ3v) is 6.42. The molecule has 2 aromatic carbocycles. The van der Waals surface area contributed by atoms with E-state index in [-0.39, 0.29) is 0 Å². The fourth-order valence-electron chi connectivity index (χ4n) is 3.95. The topological polar surface area (TPSA) is 106 Å². The number of nitrogens with two attached hydrogens (primary N) is 1. The van der Waals surface area contributed by atoms with Crippen molar-refractivity contribution in [2.75, 3.05) is 0 Å². The molecule has 0 aliphatic carbocycles. The van der Waals surface area contributed by atoms with E-state index >= 15 is 0 Å². The third kappa shape index (κ3) is 3.64. The maximum Gasteiger partial charge on any atom is 0.193 e. The molecule has 0 aliphatic heterocycles. The summed E-state index contributed by atoms with van der Waals surface area (Å²) in [5.74, 6) is 1.19. The molecule has 0 radical (unpaired) electrons. The van der Waals surface area contributed by atoms with Crippen molar-refractivity contribution in [2.45, 2.75) is 6.54 Å². The Labute approximate surface area is 199 Å². The van der Waals surface area contributed by atoms with E-state index in [0.29, 0.717) is 23.9 Å². The van der Waals surface area contributed by atoms with Gasteiger partial charge in [-0.1, -0.05) is 54.6 Å². The number of fused-ring (bicyclic) bond motifs is 1. The van der Waals surface area contributed by atoms with Gasteiger partial charge in [0.25, 0.3) is 0 Å². The number of benzene rings is 2. The average molecular weight is 462 g/mol. The van der Waals surface area contributed by atoms with Gasteiger partial charge in [0.05, 0.1) is 21.6 Å². The van der Waals surface area contributed by atoms with Crippen molar-refractivity contribution < 1.29 is 0 Å². The highest BCUT2D eigenvalue weighted by atomic mass is 32.1. The van der Waals surface area contributed by atoms with E-state index in [0.717, 1.165) is 43.7 Å². The van der Waals surface area contributed by atoms with Gasteiger partial charge in [-0.3, -0.25) is 15.1 Å². The van der Waals surface area contributed by atoms with Gasteiger partial charge in [0.2, 0.25) is 0 Å². The normalized spacial score (nSPS) is 11.2. The minimum Gasteiger partial charge on any atom is -0.326 e. The van der Waals surface area contributed by atoms with E-state index < -0.39 is 0 Å². The molecule has 0 spiro atoms. The highest BCUT2D eigenvalue weighted by Crippen LogP contribution is 2.36. The number of rotatable bonds is 5. The molecule has 0 bridgehead atoms. The molecule has 0 saturated carbocycles. The Morgan fingerprint density at radius 1 is 0.882 bits per heavy atom. The van der Waals surface area contributed by atoms with Crippen molar-refractivity contribution in [1.29, 1.82) is 0 Å². The molecule has 6 aromatic rings. The number of pyridine rings is 2. The van der Waals surface area contributed by atoms with E-state index in [1.807, 2.05) is 36.4 Å². The number of nitrogens with zero attached hydrogens (tertiary/aromatic N) is 5. The molecule has 8 heteroatoms. The lowest BCUT2D eigenvalue weighted by atomic mass is 9.96. The van der Waals surface area contributed by atoms with E-state index in [2.05, 4.69) is 55.5 Å². The second kappa shape index (κ2) is 8.58. The highest BCUT2D eigenvalue weighted by molar-refractivity contribution is 7.13. The van der Waals surface area contributed by atoms with Crippen LogP contribution >= 0.6 is 11.3 Å². The van der Waals surface area contributed by atoms with Crippen LogP contribution < -0.4 is 5.73 Å². The fourth-order valence-corrected chi connectivity index (χ4v) is 4.50.